The van der Waals surface area contributed by atoms with Crippen molar-refractivity contribution in [2.24, 2.45) is 0 Å². The van der Waals surface area contributed by atoms with Crippen molar-refractivity contribution in [1.82, 2.24) is 4.90 Å². The molecule has 15 heavy (non-hydrogen) atoms. The van der Waals surface area contributed by atoms with Crippen LogP contribution in [0.2, 0.25) is 0 Å². The van der Waals surface area contributed by atoms with Crippen LogP contribution < -0.4 is 0 Å². The van der Waals surface area contributed by atoms with E-state index in [1.165, 1.54) is 11.1 Å². The number of hydrogen-bond donors (Lipinski definition) is 1. The fraction of sp³-hybridized carbons (Fsp3) is 0.250. The second kappa shape index (κ2) is 5.32. The highest BCUT2D eigenvalue weighted by Gasteiger charge is 2.13. The SMILES string of the molecule is C=CN(CCO)C(=O)c1ccccc1C. The lowest BCUT2D eigenvalue weighted by Gasteiger charge is -2.17. The number of aliphatic hydroxyl groups excluding tert-OH is 1. The van der Waals surface area contributed by atoms with Crippen molar-refractivity contribution in [2.45, 2.75) is 6.92 Å². The number of hydrogen-bond acceptors (Lipinski definition) is 2. The minimum Gasteiger partial charge on any atom is -0.395 e. The Balaban J connectivity index is 2.92. The van der Waals surface area contributed by atoms with Crippen molar-refractivity contribution in [2.75, 3.05) is 13.2 Å². The molecule has 1 aromatic rings. The Morgan fingerprint density at radius 2 is 2.20 bits per heavy atom. The summed E-state index contributed by atoms with van der Waals surface area (Å²) < 4.78 is 0. The molecule has 0 aliphatic carbocycles. The van der Waals surface area contributed by atoms with Crippen LogP contribution in [-0.4, -0.2) is 29.1 Å². The third-order valence-corrected chi connectivity index (χ3v) is 2.20. The quantitative estimate of drug-likeness (QED) is 0.810. The zero-order valence-electron chi connectivity index (χ0n) is 8.81. The summed E-state index contributed by atoms with van der Waals surface area (Å²) in [6.45, 7) is 5.64. The van der Waals surface area contributed by atoms with Crippen LogP contribution in [0.1, 0.15) is 15.9 Å². The Morgan fingerprint density at radius 1 is 1.53 bits per heavy atom. The Labute approximate surface area is 89.6 Å². The highest BCUT2D eigenvalue weighted by atomic mass is 16.3. The standard InChI is InChI=1S/C12H15NO2/c1-3-13(8-9-14)12(15)11-7-5-4-6-10(11)2/h3-7,14H,1,8-9H2,2H3. The molecule has 0 aromatic heterocycles. The minimum absolute atomic E-state index is 0.0658. The van der Waals surface area contributed by atoms with Gasteiger partial charge in [0, 0.05) is 12.1 Å². The van der Waals surface area contributed by atoms with E-state index in [1.807, 2.05) is 25.1 Å². The van der Waals surface area contributed by atoms with Crippen molar-refractivity contribution in [3.05, 3.63) is 48.2 Å². The van der Waals surface area contributed by atoms with Gasteiger partial charge in [-0.2, -0.15) is 0 Å². The maximum Gasteiger partial charge on any atom is 0.258 e. The van der Waals surface area contributed by atoms with E-state index in [0.717, 1.165) is 5.56 Å². The molecule has 3 nitrogen and oxygen atoms in total. The van der Waals surface area contributed by atoms with Gasteiger partial charge in [-0.05, 0) is 24.8 Å². The molecule has 0 fully saturated rings. The number of nitrogens with zero attached hydrogens (tertiary/aromatic N) is 1. The number of amides is 1. The van der Waals surface area contributed by atoms with Gasteiger partial charge in [0.2, 0.25) is 0 Å². The molecule has 1 aromatic carbocycles. The van der Waals surface area contributed by atoms with Gasteiger partial charge in [-0.1, -0.05) is 24.8 Å². The lowest BCUT2D eigenvalue weighted by atomic mass is 10.1. The largest absolute Gasteiger partial charge is 0.395 e. The summed E-state index contributed by atoms with van der Waals surface area (Å²) in [5.74, 6) is -0.128. The summed E-state index contributed by atoms with van der Waals surface area (Å²) in [5, 5.41) is 8.79. The molecule has 0 heterocycles. The van der Waals surface area contributed by atoms with E-state index >= 15 is 0 Å². The number of carbonyl (C=O) groups excluding carboxylic acids is 1. The maximum absolute atomic E-state index is 11.9. The van der Waals surface area contributed by atoms with Gasteiger partial charge in [0.05, 0.1) is 6.61 Å². The van der Waals surface area contributed by atoms with Gasteiger partial charge in [-0.15, -0.1) is 0 Å². The summed E-state index contributed by atoms with van der Waals surface area (Å²) >= 11 is 0. The Bertz CT molecular complexity index is 360. The van der Waals surface area contributed by atoms with Crippen molar-refractivity contribution in [3.8, 4) is 0 Å². The van der Waals surface area contributed by atoms with Gasteiger partial charge in [0.25, 0.3) is 5.91 Å². The molecule has 0 aliphatic rings. The van der Waals surface area contributed by atoms with Crippen molar-refractivity contribution in [1.29, 1.82) is 0 Å². The molecule has 0 radical (unpaired) electrons. The van der Waals surface area contributed by atoms with Gasteiger partial charge in [0.15, 0.2) is 0 Å². The van der Waals surface area contributed by atoms with Crippen LogP contribution in [0.5, 0.6) is 0 Å². The Kier molecular flexibility index (Phi) is 4.06. The first-order valence-electron chi connectivity index (χ1n) is 4.80. The first kappa shape index (κ1) is 11.5. The average molecular weight is 205 g/mol. The highest BCUT2D eigenvalue weighted by Crippen LogP contribution is 2.10. The van der Waals surface area contributed by atoms with Gasteiger partial charge < -0.3 is 10.0 Å². The van der Waals surface area contributed by atoms with E-state index in [0.29, 0.717) is 5.56 Å². The monoisotopic (exact) mass is 205 g/mol. The third-order valence-electron chi connectivity index (χ3n) is 2.20. The molecular weight excluding hydrogens is 190 g/mol. The molecule has 0 aliphatic heterocycles. The topological polar surface area (TPSA) is 40.5 Å². The molecule has 1 amide bonds. The molecule has 80 valence electrons. The van der Waals surface area contributed by atoms with Crippen LogP contribution in [-0.2, 0) is 0 Å². The molecule has 0 unspecified atom stereocenters. The van der Waals surface area contributed by atoms with Crippen LogP contribution in [0, 0.1) is 6.92 Å². The molecule has 1 N–H and O–H groups in total. The molecule has 3 heteroatoms. The number of rotatable bonds is 4. The normalized spacial score (nSPS) is 9.73. The summed E-state index contributed by atoms with van der Waals surface area (Å²) in [7, 11) is 0. The number of carbonyl (C=O) groups is 1. The predicted molar refractivity (Wildman–Crippen MR) is 59.5 cm³/mol. The zero-order chi connectivity index (χ0) is 11.3. The summed E-state index contributed by atoms with van der Waals surface area (Å²) in [6, 6.07) is 7.36. The van der Waals surface area contributed by atoms with Gasteiger partial charge in [-0.25, -0.2) is 0 Å². The lowest BCUT2D eigenvalue weighted by molar-refractivity contribution is 0.0797. The average Bonchev–Trinajstić information content (AvgIpc) is 2.25. The van der Waals surface area contributed by atoms with Crippen LogP contribution in [0.3, 0.4) is 0 Å². The Morgan fingerprint density at radius 3 is 2.73 bits per heavy atom. The molecule has 0 atom stereocenters. The molecule has 0 saturated heterocycles. The van der Waals surface area contributed by atoms with E-state index in [2.05, 4.69) is 6.58 Å². The first-order chi connectivity index (χ1) is 7.20. The summed E-state index contributed by atoms with van der Waals surface area (Å²) in [4.78, 5) is 13.3. The van der Waals surface area contributed by atoms with Crippen LogP contribution >= 0.6 is 0 Å². The van der Waals surface area contributed by atoms with Gasteiger partial charge >= 0.3 is 0 Å². The second-order valence-corrected chi connectivity index (χ2v) is 3.22. The van der Waals surface area contributed by atoms with Crippen molar-refractivity contribution in [3.63, 3.8) is 0 Å². The van der Waals surface area contributed by atoms with Crippen molar-refractivity contribution < 1.29 is 9.90 Å². The minimum atomic E-state index is -0.128. The molecule has 0 saturated carbocycles. The van der Waals surface area contributed by atoms with Crippen LogP contribution in [0.25, 0.3) is 0 Å². The molecule has 1 rings (SSSR count). The Hall–Kier alpha value is -1.61. The lowest BCUT2D eigenvalue weighted by Crippen LogP contribution is -2.28. The third kappa shape index (κ3) is 2.67. The van der Waals surface area contributed by atoms with Gasteiger partial charge in [-0.3, -0.25) is 4.79 Å². The first-order valence-corrected chi connectivity index (χ1v) is 4.80. The summed E-state index contributed by atoms with van der Waals surface area (Å²) in [6.07, 6.45) is 1.44. The predicted octanol–water partition coefficient (Wildman–Crippen LogP) is 1.57. The fourth-order valence-electron chi connectivity index (χ4n) is 1.35. The number of aliphatic hydroxyl groups is 1. The number of benzene rings is 1. The van der Waals surface area contributed by atoms with Crippen LogP contribution in [0.4, 0.5) is 0 Å². The number of aryl methyl sites for hydroxylation is 1. The summed E-state index contributed by atoms with van der Waals surface area (Å²) in [5.41, 5.74) is 1.57. The van der Waals surface area contributed by atoms with E-state index in [9.17, 15) is 4.79 Å². The fourth-order valence-corrected chi connectivity index (χ4v) is 1.35. The molecule has 0 spiro atoms. The van der Waals surface area contributed by atoms with Gasteiger partial charge in [0.1, 0.15) is 0 Å². The van der Waals surface area contributed by atoms with Crippen molar-refractivity contribution >= 4 is 5.91 Å². The molecule has 0 bridgehead atoms. The van der Waals surface area contributed by atoms with Crippen LogP contribution in [0.15, 0.2) is 37.0 Å². The maximum atomic E-state index is 11.9. The second-order valence-electron chi connectivity index (χ2n) is 3.22. The highest BCUT2D eigenvalue weighted by molar-refractivity contribution is 5.96. The van der Waals surface area contributed by atoms with E-state index in [1.54, 1.807) is 6.07 Å². The smallest absolute Gasteiger partial charge is 0.258 e. The van der Waals surface area contributed by atoms with E-state index in [-0.39, 0.29) is 19.1 Å². The molecular formula is C12H15NO2. The zero-order valence-corrected chi connectivity index (χ0v) is 8.81. The van der Waals surface area contributed by atoms with E-state index in [4.69, 9.17) is 5.11 Å². The van der Waals surface area contributed by atoms with E-state index < -0.39 is 0 Å².